The second kappa shape index (κ2) is 3.71. The van der Waals surface area contributed by atoms with Gasteiger partial charge >= 0.3 is 5.97 Å². The third kappa shape index (κ3) is 1.58. The number of rotatable bonds is 2. The smallest absolute Gasteiger partial charge is 0.367 e. The van der Waals surface area contributed by atoms with E-state index in [-0.39, 0.29) is 5.97 Å². The van der Waals surface area contributed by atoms with Crippen LogP contribution in [0.2, 0.25) is 0 Å². The van der Waals surface area contributed by atoms with Crippen LogP contribution in [0.1, 0.15) is 16.7 Å². The van der Waals surface area contributed by atoms with Crippen molar-refractivity contribution in [1.82, 2.24) is 9.97 Å². The van der Waals surface area contributed by atoms with Crippen LogP contribution in [0, 0.1) is 0 Å². The molecule has 0 spiro atoms. The third-order valence-electron chi connectivity index (χ3n) is 1.62. The fourth-order valence-electron chi connectivity index (χ4n) is 1.05. The molecule has 2 heterocycles. The van der Waals surface area contributed by atoms with Gasteiger partial charge in [0.05, 0.1) is 6.61 Å². The summed E-state index contributed by atoms with van der Waals surface area (Å²) in [7, 11) is 0. The van der Waals surface area contributed by atoms with E-state index in [9.17, 15) is 4.79 Å². The van der Waals surface area contributed by atoms with Gasteiger partial charge in [0.2, 0.25) is 5.01 Å². The second-order valence-corrected chi connectivity index (χ2v) is 3.54. The molecule has 0 aliphatic rings. The lowest BCUT2D eigenvalue weighted by atomic mass is 10.5. The highest BCUT2D eigenvalue weighted by Gasteiger charge is 2.12. The Kier molecular flexibility index (Phi) is 2.41. The predicted octanol–water partition coefficient (Wildman–Crippen LogP) is 1.87. The molecular formula is C9H8N2O2S. The standard InChI is InChI=1S/C9H8N2O2S/c1-2-13-9(12)8-11-6-4-3-5-10-7(6)14-8/h3-5H,2H2,1H3. The summed E-state index contributed by atoms with van der Waals surface area (Å²) in [4.78, 5) is 20.3. The van der Waals surface area contributed by atoms with Crippen molar-refractivity contribution < 1.29 is 9.53 Å². The molecule has 4 nitrogen and oxygen atoms in total. The molecule has 2 aromatic rings. The van der Waals surface area contributed by atoms with Gasteiger partial charge in [0, 0.05) is 6.20 Å². The molecule has 0 aromatic carbocycles. The van der Waals surface area contributed by atoms with Crippen LogP contribution in [0.4, 0.5) is 0 Å². The zero-order valence-corrected chi connectivity index (χ0v) is 8.37. The van der Waals surface area contributed by atoms with Gasteiger partial charge in [-0.2, -0.15) is 0 Å². The van der Waals surface area contributed by atoms with Crippen molar-refractivity contribution in [3.63, 3.8) is 0 Å². The number of hydrogen-bond donors (Lipinski definition) is 0. The summed E-state index contributed by atoms with van der Waals surface area (Å²) in [6.45, 7) is 2.13. The van der Waals surface area contributed by atoms with Crippen molar-refractivity contribution in [3.05, 3.63) is 23.3 Å². The first-order valence-corrected chi connectivity index (χ1v) is 5.01. The number of thiazole rings is 1. The SMILES string of the molecule is CCOC(=O)c1nc2cccnc2s1. The maximum absolute atomic E-state index is 11.3. The summed E-state index contributed by atoms with van der Waals surface area (Å²) in [6.07, 6.45) is 1.68. The largest absolute Gasteiger partial charge is 0.461 e. The molecule has 2 aromatic heterocycles. The second-order valence-electron chi connectivity index (χ2n) is 2.57. The molecule has 0 fully saturated rings. The lowest BCUT2D eigenvalue weighted by Crippen LogP contribution is -2.03. The number of carbonyl (C=O) groups excluding carboxylic acids is 1. The van der Waals surface area contributed by atoms with Crippen LogP contribution in [0.15, 0.2) is 18.3 Å². The first-order chi connectivity index (χ1) is 6.81. The van der Waals surface area contributed by atoms with Crippen molar-refractivity contribution in [2.24, 2.45) is 0 Å². The van der Waals surface area contributed by atoms with Gasteiger partial charge in [0.25, 0.3) is 0 Å². The monoisotopic (exact) mass is 208 g/mol. The summed E-state index contributed by atoms with van der Waals surface area (Å²) < 4.78 is 4.84. The molecule has 14 heavy (non-hydrogen) atoms. The van der Waals surface area contributed by atoms with E-state index >= 15 is 0 Å². The Morgan fingerprint density at radius 3 is 3.21 bits per heavy atom. The van der Waals surface area contributed by atoms with Crippen molar-refractivity contribution in [1.29, 1.82) is 0 Å². The molecule has 0 aliphatic heterocycles. The molecule has 0 bridgehead atoms. The van der Waals surface area contributed by atoms with E-state index < -0.39 is 0 Å². The third-order valence-corrected chi connectivity index (χ3v) is 2.58. The topological polar surface area (TPSA) is 52.1 Å². The molecule has 0 aliphatic carbocycles. The number of fused-ring (bicyclic) bond motifs is 1. The van der Waals surface area contributed by atoms with Crippen LogP contribution in [-0.4, -0.2) is 22.5 Å². The van der Waals surface area contributed by atoms with Gasteiger partial charge in [-0.25, -0.2) is 14.8 Å². The Morgan fingerprint density at radius 1 is 1.64 bits per heavy atom. The maximum Gasteiger partial charge on any atom is 0.367 e. The molecule has 2 rings (SSSR count). The number of carbonyl (C=O) groups is 1. The first kappa shape index (κ1) is 9.08. The minimum absolute atomic E-state index is 0.362. The lowest BCUT2D eigenvalue weighted by Gasteiger charge is -1.94. The van der Waals surface area contributed by atoms with Crippen LogP contribution in [0.3, 0.4) is 0 Å². The van der Waals surface area contributed by atoms with E-state index in [1.807, 2.05) is 6.07 Å². The Morgan fingerprint density at radius 2 is 2.50 bits per heavy atom. The number of hydrogen-bond acceptors (Lipinski definition) is 5. The molecule has 0 radical (unpaired) electrons. The Hall–Kier alpha value is -1.49. The molecule has 0 N–H and O–H groups in total. The summed E-state index contributed by atoms with van der Waals surface area (Å²) in [5.74, 6) is -0.379. The molecular weight excluding hydrogens is 200 g/mol. The number of pyridine rings is 1. The highest BCUT2D eigenvalue weighted by Crippen LogP contribution is 2.19. The molecule has 5 heteroatoms. The van der Waals surface area contributed by atoms with E-state index in [1.54, 1.807) is 19.2 Å². The van der Waals surface area contributed by atoms with Gasteiger partial charge in [-0.1, -0.05) is 11.3 Å². The lowest BCUT2D eigenvalue weighted by molar-refractivity contribution is 0.0526. The van der Waals surface area contributed by atoms with Crippen LogP contribution in [-0.2, 0) is 4.74 Å². The van der Waals surface area contributed by atoms with Crippen LogP contribution < -0.4 is 0 Å². The molecule has 0 amide bonds. The summed E-state index contributed by atoms with van der Waals surface area (Å²) in [6, 6.07) is 3.61. The Labute approximate surface area is 84.6 Å². The van der Waals surface area contributed by atoms with Gasteiger partial charge in [-0.05, 0) is 19.1 Å². The zero-order valence-electron chi connectivity index (χ0n) is 7.56. The van der Waals surface area contributed by atoms with Crippen molar-refractivity contribution >= 4 is 27.7 Å². The number of esters is 1. The fraction of sp³-hybridized carbons (Fsp3) is 0.222. The normalized spacial score (nSPS) is 10.4. The molecule has 0 atom stereocenters. The summed E-state index contributed by atoms with van der Waals surface area (Å²) in [5, 5.41) is 0.362. The van der Waals surface area contributed by atoms with E-state index in [1.165, 1.54) is 11.3 Å². The maximum atomic E-state index is 11.3. The highest BCUT2D eigenvalue weighted by molar-refractivity contribution is 7.19. The van der Waals surface area contributed by atoms with Gasteiger partial charge in [0.15, 0.2) is 0 Å². The van der Waals surface area contributed by atoms with Gasteiger partial charge in [-0.3, -0.25) is 0 Å². The fourth-order valence-corrected chi connectivity index (χ4v) is 1.85. The zero-order chi connectivity index (χ0) is 9.97. The number of nitrogens with zero attached hydrogens (tertiary/aromatic N) is 2. The minimum Gasteiger partial charge on any atom is -0.461 e. The van der Waals surface area contributed by atoms with Gasteiger partial charge < -0.3 is 4.74 Å². The first-order valence-electron chi connectivity index (χ1n) is 4.20. The van der Waals surface area contributed by atoms with Gasteiger partial charge in [-0.15, -0.1) is 0 Å². The highest BCUT2D eigenvalue weighted by atomic mass is 32.1. The van der Waals surface area contributed by atoms with Gasteiger partial charge in [0.1, 0.15) is 10.3 Å². The average molecular weight is 208 g/mol. The number of aromatic nitrogens is 2. The average Bonchev–Trinajstić information content (AvgIpc) is 2.61. The molecule has 0 saturated carbocycles. The Bertz CT molecular complexity index is 434. The summed E-state index contributed by atoms with van der Waals surface area (Å²) >= 11 is 1.25. The number of ether oxygens (including phenoxy) is 1. The van der Waals surface area contributed by atoms with Crippen LogP contribution >= 0.6 is 11.3 Å². The quantitative estimate of drug-likeness (QED) is 0.707. The van der Waals surface area contributed by atoms with Crippen molar-refractivity contribution in [2.45, 2.75) is 6.92 Å². The molecule has 72 valence electrons. The van der Waals surface area contributed by atoms with E-state index in [0.717, 1.165) is 10.3 Å². The Balaban J connectivity index is 2.40. The van der Waals surface area contributed by atoms with Crippen molar-refractivity contribution in [2.75, 3.05) is 6.61 Å². The van der Waals surface area contributed by atoms with Crippen LogP contribution in [0.25, 0.3) is 10.3 Å². The predicted molar refractivity (Wildman–Crippen MR) is 53.4 cm³/mol. The van der Waals surface area contributed by atoms with E-state index in [0.29, 0.717) is 11.6 Å². The molecule has 0 unspecified atom stereocenters. The summed E-state index contributed by atoms with van der Waals surface area (Å²) in [5.41, 5.74) is 0.737. The minimum atomic E-state index is -0.379. The van der Waals surface area contributed by atoms with E-state index in [4.69, 9.17) is 4.74 Å². The van der Waals surface area contributed by atoms with E-state index in [2.05, 4.69) is 9.97 Å². The van der Waals surface area contributed by atoms with Crippen LogP contribution in [0.5, 0.6) is 0 Å². The van der Waals surface area contributed by atoms with Crippen molar-refractivity contribution in [3.8, 4) is 0 Å². The molecule has 0 saturated heterocycles.